The number of benzene rings is 1. The van der Waals surface area contributed by atoms with Crippen LogP contribution in [-0.4, -0.2) is 16.9 Å². The van der Waals surface area contributed by atoms with Gasteiger partial charge < -0.3 is 4.74 Å². The first-order valence-electron chi connectivity index (χ1n) is 7.19. The van der Waals surface area contributed by atoms with E-state index in [1.165, 1.54) is 5.56 Å². The van der Waals surface area contributed by atoms with Crippen LogP contribution in [0.5, 0.6) is 5.75 Å². The molecule has 0 aliphatic heterocycles. The highest BCUT2D eigenvalue weighted by atomic mass is 16.5. The monoisotopic (exact) mass is 288 g/mol. The van der Waals surface area contributed by atoms with Crippen molar-refractivity contribution in [3.8, 4) is 5.75 Å². The maximum Gasteiger partial charge on any atom is 0.123 e. The molecule has 0 aliphatic rings. The van der Waals surface area contributed by atoms with Gasteiger partial charge in [0.05, 0.1) is 18.8 Å². The van der Waals surface area contributed by atoms with E-state index in [2.05, 4.69) is 37.4 Å². The number of nitrogens with one attached hydrogen (secondary N) is 1. The highest BCUT2D eigenvalue weighted by molar-refractivity contribution is 5.39. The van der Waals surface area contributed by atoms with Gasteiger partial charge in [0, 0.05) is 24.2 Å². The molecule has 1 aromatic heterocycles. The first-order chi connectivity index (χ1) is 10.0. The lowest BCUT2D eigenvalue weighted by atomic mass is 9.99. The molecule has 2 aromatic rings. The summed E-state index contributed by atoms with van der Waals surface area (Å²) in [5.41, 5.74) is 6.12. The van der Waals surface area contributed by atoms with Gasteiger partial charge in [-0.25, -0.2) is 0 Å². The summed E-state index contributed by atoms with van der Waals surface area (Å²) in [5.74, 6) is 6.59. The molecule has 0 saturated carbocycles. The summed E-state index contributed by atoms with van der Waals surface area (Å²) in [6.07, 6.45) is 2.72. The second-order valence-corrected chi connectivity index (χ2v) is 5.55. The van der Waals surface area contributed by atoms with E-state index in [0.717, 1.165) is 23.4 Å². The molecule has 0 spiro atoms. The average Bonchev–Trinajstić information content (AvgIpc) is 2.93. The van der Waals surface area contributed by atoms with Crippen molar-refractivity contribution in [3.63, 3.8) is 0 Å². The van der Waals surface area contributed by atoms with E-state index in [-0.39, 0.29) is 6.04 Å². The molecule has 5 nitrogen and oxygen atoms in total. The molecule has 3 N–H and O–H groups in total. The minimum Gasteiger partial charge on any atom is -0.496 e. The normalized spacial score (nSPS) is 12.7. The summed E-state index contributed by atoms with van der Waals surface area (Å²) in [5, 5.41) is 4.58. The Bertz CT molecular complexity index is 592. The van der Waals surface area contributed by atoms with Gasteiger partial charge in [0.2, 0.25) is 0 Å². The van der Waals surface area contributed by atoms with Gasteiger partial charge >= 0.3 is 0 Å². The molecule has 1 aromatic carbocycles. The Labute approximate surface area is 126 Å². The lowest BCUT2D eigenvalue weighted by molar-refractivity contribution is 0.398. The second-order valence-electron chi connectivity index (χ2n) is 5.55. The predicted molar refractivity (Wildman–Crippen MR) is 84.1 cm³/mol. The number of nitrogens with two attached hydrogens (primary N) is 1. The van der Waals surface area contributed by atoms with Gasteiger partial charge in [0.1, 0.15) is 5.75 Å². The third-order valence-corrected chi connectivity index (χ3v) is 3.57. The van der Waals surface area contributed by atoms with Crippen LogP contribution in [0, 0.1) is 6.92 Å². The van der Waals surface area contributed by atoms with Crippen LogP contribution >= 0.6 is 0 Å². The van der Waals surface area contributed by atoms with Crippen LogP contribution in [0.15, 0.2) is 30.5 Å². The molecule has 0 aliphatic carbocycles. The second kappa shape index (κ2) is 6.74. The van der Waals surface area contributed by atoms with E-state index < -0.39 is 0 Å². The van der Waals surface area contributed by atoms with E-state index >= 15 is 0 Å². The number of nitrogens with zero attached hydrogens (tertiary/aromatic N) is 2. The van der Waals surface area contributed by atoms with Gasteiger partial charge in [-0.3, -0.25) is 16.0 Å². The Hall–Kier alpha value is -1.85. The van der Waals surface area contributed by atoms with Crippen molar-refractivity contribution in [3.05, 3.63) is 47.3 Å². The third kappa shape index (κ3) is 3.62. The van der Waals surface area contributed by atoms with Crippen molar-refractivity contribution in [1.29, 1.82) is 0 Å². The summed E-state index contributed by atoms with van der Waals surface area (Å²) < 4.78 is 7.40. The van der Waals surface area contributed by atoms with Crippen LogP contribution in [0.1, 0.15) is 42.8 Å². The predicted octanol–water partition coefficient (Wildman–Crippen LogP) is 2.53. The molecule has 0 fully saturated rings. The highest BCUT2D eigenvalue weighted by Gasteiger charge is 2.17. The van der Waals surface area contributed by atoms with Gasteiger partial charge in [-0.15, -0.1) is 0 Å². The van der Waals surface area contributed by atoms with E-state index in [0.29, 0.717) is 6.04 Å². The van der Waals surface area contributed by atoms with Gasteiger partial charge in [0.25, 0.3) is 0 Å². The largest absolute Gasteiger partial charge is 0.496 e. The number of methoxy groups -OCH3 is 1. The van der Waals surface area contributed by atoms with E-state index in [1.54, 1.807) is 7.11 Å². The molecule has 1 unspecified atom stereocenters. The zero-order valence-electron chi connectivity index (χ0n) is 13.1. The lowest BCUT2D eigenvalue weighted by Crippen LogP contribution is -2.30. The molecular formula is C16H24N4O. The van der Waals surface area contributed by atoms with Crippen LogP contribution in [0.2, 0.25) is 0 Å². The standard InChI is InChI=1S/C16H24N4O/c1-11(2)20-8-7-13(19-20)10-15(18-17)14-9-12(3)5-6-16(14)21-4/h5-9,11,15,18H,10,17H2,1-4H3. The van der Waals surface area contributed by atoms with E-state index in [1.807, 2.05) is 29.1 Å². The number of aromatic nitrogens is 2. The number of hydrogen-bond acceptors (Lipinski definition) is 4. The molecule has 2 rings (SSSR count). The Kier molecular flexibility index (Phi) is 4.98. The number of ether oxygens (including phenoxy) is 1. The summed E-state index contributed by atoms with van der Waals surface area (Å²) in [6, 6.07) is 8.47. The van der Waals surface area contributed by atoms with Gasteiger partial charge in [-0.2, -0.15) is 5.10 Å². The molecule has 0 amide bonds. The topological polar surface area (TPSA) is 65.1 Å². The first-order valence-corrected chi connectivity index (χ1v) is 7.19. The van der Waals surface area contributed by atoms with Crippen molar-refractivity contribution in [2.45, 2.75) is 39.3 Å². The van der Waals surface area contributed by atoms with Crippen LogP contribution < -0.4 is 16.0 Å². The van der Waals surface area contributed by atoms with Gasteiger partial charge in [0.15, 0.2) is 0 Å². The van der Waals surface area contributed by atoms with Crippen LogP contribution in [0.3, 0.4) is 0 Å². The van der Waals surface area contributed by atoms with Crippen LogP contribution in [-0.2, 0) is 6.42 Å². The van der Waals surface area contributed by atoms with Gasteiger partial charge in [-0.05, 0) is 32.9 Å². The highest BCUT2D eigenvalue weighted by Crippen LogP contribution is 2.28. The molecule has 114 valence electrons. The maximum atomic E-state index is 5.75. The lowest BCUT2D eigenvalue weighted by Gasteiger charge is -2.19. The minimum atomic E-state index is -0.0321. The van der Waals surface area contributed by atoms with Crippen LogP contribution in [0.25, 0.3) is 0 Å². The van der Waals surface area contributed by atoms with Crippen LogP contribution in [0.4, 0.5) is 0 Å². The average molecular weight is 288 g/mol. The smallest absolute Gasteiger partial charge is 0.123 e. The Morgan fingerprint density at radius 2 is 2.10 bits per heavy atom. The molecule has 0 saturated heterocycles. The van der Waals surface area contributed by atoms with E-state index in [9.17, 15) is 0 Å². The van der Waals surface area contributed by atoms with Crippen molar-refractivity contribution in [2.24, 2.45) is 5.84 Å². The van der Waals surface area contributed by atoms with Gasteiger partial charge in [-0.1, -0.05) is 17.7 Å². The summed E-state index contributed by atoms with van der Waals surface area (Å²) >= 11 is 0. The number of rotatable bonds is 6. The summed E-state index contributed by atoms with van der Waals surface area (Å²) in [7, 11) is 1.68. The maximum absolute atomic E-state index is 5.75. The molecule has 1 heterocycles. The number of hydrogen-bond donors (Lipinski definition) is 2. The first kappa shape index (κ1) is 15.5. The minimum absolute atomic E-state index is 0.0321. The zero-order valence-corrected chi connectivity index (χ0v) is 13.1. The van der Waals surface area contributed by atoms with E-state index in [4.69, 9.17) is 10.6 Å². The molecule has 1 atom stereocenters. The molecule has 0 radical (unpaired) electrons. The number of hydrazine groups is 1. The zero-order chi connectivity index (χ0) is 15.4. The van der Waals surface area contributed by atoms with Crippen molar-refractivity contribution in [1.82, 2.24) is 15.2 Å². The fraction of sp³-hybridized carbons (Fsp3) is 0.438. The fourth-order valence-electron chi connectivity index (χ4n) is 2.37. The fourth-order valence-corrected chi connectivity index (χ4v) is 2.37. The molecule has 0 bridgehead atoms. The quantitative estimate of drug-likeness (QED) is 0.633. The van der Waals surface area contributed by atoms with Crippen molar-refractivity contribution < 1.29 is 4.74 Å². The molecule has 21 heavy (non-hydrogen) atoms. The Morgan fingerprint density at radius 3 is 2.67 bits per heavy atom. The molecular weight excluding hydrogens is 264 g/mol. The SMILES string of the molecule is COc1ccc(C)cc1C(Cc1ccn(C(C)C)n1)NN. The third-order valence-electron chi connectivity index (χ3n) is 3.57. The summed E-state index contributed by atoms with van der Waals surface area (Å²) in [6.45, 7) is 6.28. The Balaban J connectivity index is 2.25. The van der Waals surface area contributed by atoms with Crippen molar-refractivity contribution in [2.75, 3.05) is 7.11 Å². The van der Waals surface area contributed by atoms with Crippen molar-refractivity contribution >= 4 is 0 Å². The summed E-state index contributed by atoms with van der Waals surface area (Å²) in [4.78, 5) is 0. The number of aryl methyl sites for hydroxylation is 1. The Morgan fingerprint density at radius 1 is 1.33 bits per heavy atom. The molecule has 5 heteroatoms.